The zero-order chi connectivity index (χ0) is 11.4. The minimum atomic E-state index is -0.619. The molecule has 0 spiro atoms. The number of carbonyl (C=O) groups excluding carboxylic acids is 1. The third-order valence-electron chi connectivity index (χ3n) is 1.71. The Hall–Kier alpha value is -0.100. The molecule has 2 N–H and O–H groups in total. The minimum absolute atomic E-state index is 0.349. The van der Waals surface area contributed by atoms with Gasteiger partial charge in [-0.15, -0.1) is 11.3 Å². The molecular weight excluding hydrogens is 302 g/mol. The largest absolute Gasteiger partial charge is 0.465 e. The van der Waals surface area contributed by atoms with Crippen LogP contribution in [0.2, 0.25) is 4.34 Å². The Bertz CT molecular complexity index is 336. The summed E-state index contributed by atoms with van der Waals surface area (Å²) in [5.74, 6) is -0.377. The number of carbonyl (C=O) groups is 1. The van der Waals surface area contributed by atoms with Crippen LogP contribution in [0.25, 0.3) is 0 Å². The number of thiophene rings is 1. The third-order valence-corrected chi connectivity index (χ3v) is 4.20. The summed E-state index contributed by atoms with van der Waals surface area (Å²) in [5, 5.41) is 0. The van der Waals surface area contributed by atoms with Gasteiger partial charge in [0.05, 0.1) is 6.61 Å². The molecule has 0 amide bonds. The molecule has 0 bridgehead atoms. The van der Waals surface area contributed by atoms with Crippen molar-refractivity contribution in [2.24, 2.45) is 5.73 Å². The van der Waals surface area contributed by atoms with Crippen LogP contribution in [0.3, 0.4) is 0 Å². The summed E-state index contributed by atoms with van der Waals surface area (Å²) in [6.45, 7) is 2.10. The number of hydrogen-bond donors (Lipinski definition) is 1. The third kappa shape index (κ3) is 3.75. The summed E-state index contributed by atoms with van der Waals surface area (Å²) in [7, 11) is 0. The van der Waals surface area contributed by atoms with Gasteiger partial charge in [0, 0.05) is 15.8 Å². The van der Waals surface area contributed by atoms with E-state index in [1.165, 1.54) is 11.3 Å². The van der Waals surface area contributed by atoms with E-state index >= 15 is 0 Å². The van der Waals surface area contributed by atoms with Gasteiger partial charge in [-0.05, 0) is 28.9 Å². The second kappa shape index (κ2) is 5.84. The molecule has 1 atom stereocenters. The van der Waals surface area contributed by atoms with Crippen molar-refractivity contribution in [1.29, 1.82) is 0 Å². The van der Waals surface area contributed by atoms with Crippen LogP contribution in [0.5, 0.6) is 0 Å². The standard InChI is InChI=1S/C9H11BrClNO2S/c1-2-14-9(13)7(12)4-5-3-6(10)8(11)15-5/h3,7H,2,4,12H2,1H3. The van der Waals surface area contributed by atoms with Crippen molar-refractivity contribution in [3.8, 4) is 0 Å². The van der Waals surface area contributed by atoms with E-state index in [1.54, 1.807) is 6.92 Å². The predicted octanol–water partition coefficient (Wildman–Crippen LogP) is 2.60. The molecule has 84 valence electrons. The van der Waals surface area contributed by atoms with Crippen LogP contribution >= 0.6 is 38.9 Å². The van der Waals surface area contributed by atoms with Crippen molar-refractivity contribution in [2.75, 3.05) is 6.61 Å². The summed E-state index contributed by atoms with van der Waals surface area (Å²) in [6.07, 6.45) is 0.453. The van der Waals surface area contributed by atoms with Crippen molar-refractivity contribution < 1.29 is 9.53 Å². The lowest BCUT2D eigenvalue weighted by molar-refractivity contribution is -0.144. The lowest BCUT2D eigenvalue weighted by Crippen LogP contribution is -2.34. The lowest BCUT2D eigenvalue weighted by atomic mass is 10.2. The highest BCUT2D eigenvalue weighted by atomic mass is 79.9. The summed E-state index contributed by atoms with van der Waals surface area (Å²) in [5.41, 5.74) is 5.67. The van der Waals surface area contributed by atoms with Crippen LogP contribution in [0, 0.1) is 0 Å². The average molecular weight is 313 g/mol. The fourth-order valence-electron chi connectivity index (χ4n) is 1.04. The lowest BCUT2D eigenvalue weighted by Gasteiger charge is -2.08. The van der Waals surface area contributed by atoms with Crippen LogP contribution in [0.4, 0.5) is 0 Å². The van der Waals surface area contributed by atoms with Crippen LogP contribution in [-0.4, -0.2) is 18.6 Å². The molecule has 0 aliphatic carbocycles. The first-order valence-corrected chi connectivity index (χ1v) is 6.39. The Kier molecular flexibility index (Phi) is 5.05. The number of ether oxygens (including phenoxy) is 1. The van der Waals surface area contributed by atoms with Gasteiger partial charge in [-0.3, -0.25) is 4.79 Å². The summed E-state index contributed by atoms with van der Waals surface area (Å²) >= 11 is 10.6. The van der Waals surface area contributed by atoms with E-state index in [0.717, 1.165) is 9.35 Å². The monoisotopic (exact) mass is 311 g/mol. The van der Waals surface area contributed by atoms with E-state index in [-0.39, 0.29) is 5.97 Å². The highest BCUT2D eigenvalue weighted by molar-refractivity contribution is 9.10. The van der Waals surface area contributed by atoms with E-state index in [0.29, 0.717) is 17.4 Å². The van der Waals surface area contributed by atoms with Crippen LogP contribution in [0.1, 0.15) is 11.8 Å². The molecule has 0 saturated heterocycles. The maximum absolute atomic E-state index is 11.3. The molecule has 6 heteroatoms. The number of nitrogens with two attached hydrogens (primary N) is 1. The molecule has 15 heavy (non-hydrogen) atoms. The second-order valence-electron chi connectivity index (χ2n) is 2.90. The molecule has 0 saturated carbocycles. The first kappa shape index (κ1) is 13.0. The first-order chi connectivity index (χ1) is 7.04. The van der Waals surface area contributed by atoms with Gasteiger partial charge in [0.25, 0.3) is 0 Å². The molecule has 0 aliphatic rings. The molecule has 1 aromatic rings. The zero-order valence-corrected chi connectivity index (χ0v) is 11.3. The number of esters is 1. The van der Waals surface area contributed by atoms with Gasteiger partial charge in [-0.25, -0.2) is 0 Å². The molecule has 0 fully saturated rings. The van der Waals surface area contributed by atoms with Crippen molar-refractivity contribution in [3.63, 3.8) is 0 Å². The normalized spacial score (nSPS) is 12.5. The molecule has 1 heterocycles. The highest BCUT2D eigenvalue weighted by Gasteiger charge is 2.17. The fraction of sp³-hybridized carbons (Fsp3) is 0.444. The average Bonchev–Trinajstić information content (AvgIpc) is 2.46. The Labute approximate surface area is 106 Å². The van der Waals surface area contributed by atoms with Gasteiger partial charge in [0.1, 0.15) is 10.4 Å². The highest BCUT2D eigenvalue weighted by Crippen LogP contribution is 2.32. The Morgan fingerprint density at radius 1 is 1.80 bits per heavy atom. The Balaban J connectivity index is 2.58. The zero-order valence-electron chi connectivity index (χ0n) is 8.13. The van der Waals surface area contributed by atoms with Gasteiger partial charge in [0.2, 0.25) is 0 Å². The van der Waals surface area contributed by atoms with E-state index in [1.807, 2.05) is 6.07 Å². The molecule has 1 unspecified atom stereocenters. The van der Waals surface area contributed by atoms with Crippen LogP contribution < -0.4 is 5.73 Å². The van der Waals surface area contributed by atoms with Gasteiger partial charge < -0.3 is 10.5 Å². The molecule has 0 radical (unpaired) electrons. The molecule has 1 rings (SSSR count). The molecule has 1 aromatic heterocycles. The Morgan fingerprint density at radius 2 is 2.47 bits per heavy atom. The van der Waals surface area contributed by atoms with Crippen molar-refractivity contribution in [1.82, 2.24) is 0 Å². The topological polar surface area (TPSA) is 52.3 Å². The quantitative estimate of drug-likeness (QED) is 0.870. The van der Waals surface area contributed by atoms with Gasteiger partial charge in [0.15, 0.2) is 0 Å². The summed E-state index contributed by atoms with van der Waals surface area (Å²) in [6, 6.07) is 1.25. The molecular formula is C9H11BrClNO2S. The maximum Gasteiger partial charge on any atom is 0.323 e. The van der Waals surface area contributed by atoms with Gasteiger partial charge in [-0.2, -0.15) is 0 Å². The molecule has 0 aromatic carbocycles. The van der Waals surface area contributed by atoms with Crippen LogP contribution in [-0.2, 0) is 16.0 Å². The van der Waals surface area contributed by atoms with Gasteiger partial charge in [-0.1, -0.05) is 11.6 Å². The van der Waals surface area contributed by atoms with Crippen molar-refractivity contribution >= 4 is 44.8 Å². The first-order valence-electron chi connectivity index (χ1n) is 4.40. The van der Waals surface area contributed by atoms with Gasteiger partial charge >= 0.3 is 5.97 Å². The van der Waals surface area contributed by atoms with Crippen molar-refractivity contribution in [2.45, 2.75) is 19.4 Å². The maximum atomic E-state index is 11.3. The number of hydrogen-bond acceptors (Lipinski definition) is 4. The SMILES string of the molecule is CCOC(=O)C(N)Cc1cc(Br)c(Cl)s1. The van der Waals surface area contributed by atoms with Crippen LogP contribution in [0.15, 0.2) is 10.5 Å². The smallest absolute Gasteiger partial charge is 0.323 e. The number of rotatable bonds is 4. The second-order valence-corrected chi connectivity index (χ2v) is 5.49. The number of halogens is 2. The van der Waals surface area contributed by atoms with E-state index in [2.05, 4.69) is 15.9 Å². The molecule has 0 aliphatic heterocycles. The van der Waals surface area contributed by atoms with E-state index in [4.69, 9.17) is 22.1 Å². The summed E-state index contributed by atoms with van der Waals surface area (Å²) < 4.78 is 6.31. The summed E-state index contributed by atoms with van der Waals surface area (Å²) in [4.78, 5) is 12.2. The Morgan fingerprint density at radius 3 is 2.93 bits per heavy atom. The van der Waals surface area contributed by atoms with E-state index < -0.39 is 6.04 Å². The minimum Gasteiger partial charge on any atom is -0.465 e. The molecule has 3 nitrogen and oxygen atoms in total. The van der Waals surface area contributed by atoms with E-state index in [9.17, 15) is 4.79 Å². The van der Waals surface area contributed by atoms with Crippen molar-refractivity contribution in [3.05, 3.63) is 19.8 Å². The fourth-order valence-corrected chi connectivity index (χ4v) is 2.89. The predicted molar refractivity (Wildman–Crippen MR) is 65.3 cm³/mol.